The number of aryl methyl sites for hydroxylation is 1. The van der Waals surface area contributed by atoms with Crippen LogP contribution >= 0.6 is 0 Å². The van der Waals surface area contributed by atoms with E-state index in [0.717, 1.165) is 22.3 Å². The van der Waals surface area contributed by atoms with Gasteiger partial charge >= 0.3 is 12.1 Å². The predicted molar refractivity (Wildman–Crippen MR) is 114 cm³/mol. The van der Waals surface area contributed by atoms with Gasteiger partial charge in [0.25, 0.3) is 0 Å². The molecule has 3 aromatic rings. The van der Waals surface area contributed by atoms with E-state index >= 15 is 0 Å². The third-order valence-corrected chi connectivity index (χ3v) is 5.59. The summed E-state index contributed by atoms with van der Waals surface area (Å²) in [6.45, 7) is 0.0967. The van der Waals surface area contributed by atoms with Gasteiger partial charge < -0.3 is 15.2 Å². The molecule has 0 unspecified atom stereocenters. The van der Waals surface area contributed by atoms with Crippen LogP contribution in [0.2, 0.25) is 0 Å². The Morgan fingerprint density at radius 2 is 1.52 bits per heavy atom. The topological polar surface area (TPSA) is 75.6 Å². The molecule has 0 saturated carbocycles. The molecule has 31 heavy (non-hydrogen) atoms. The lowest BCUT2D eigenvalue weighted by molar-refractivity contribution is -0.139. The molecule has 4 rings (SSSR count). The minimum Gasteiger partial charge on any atom is -0.480 e. The van der Waals surface area contributed by atoms with Crippen molar-refractivity contribution in [2.45, 2.75) is 24.8 Å². The molecule has 0 spiro atoms. The van der Waals surface area contributed by atoms with Gasteiger partial charge in [0.1, 0.15) is 18.5 Å². The Hall–Kier alpha value is -3.67. The van der Waals surface area contributed by atoms with Crippen molar-refractivity contribution in [3.63, 3.8) is 0 Å². The Balaban J connectivity index is 1.39. The van der Waals surface area contributed by atoms with Crippen molar-refractivity contribution >= 4 is 12.1 Å². The van der Waals surface area contributed by atoms with Gasteiger partial charge in [-0.15, -0.1) is 0 Å². The average Bonchev–Trinajstić information content (AvgIpc) is 3.10. The first-order chi connectivity index (χ1) is 15.0. The zero-order chi connectivity index (χ0) is 21.8. The van der Waals surface area contributed by atoms with Crippen LogP contribution in [0.4, 0.5) is 9.18 Å². The smallest absolute Gasteiger partial charge is 0.407 e. The van der Waals surface area contributed by atoms with Gasteiger partial charge in [-0.25, -0.2) is 14.0 Å². The van der Waals surface area contributed by atoms with E-state index in [1.165, 1.54) is 6.07 Å². The van der Waals surface area contributed by atoms with Crippen molar-refractivity contribution in [1.82, 2.24) is 5.32 Å². The molecule has 0 fully saturated rings. The Bertz CT molecular complexity index is 1070. The van der Waals surface area contributed by atoms with Gasteiger partial charge in [0.15, 0.2) is 0 Å². The van der Waals surface area contributed by atoms with Crippen molar-refractivity contribution in [2.75, 3.05) is 6.61 Å². The zero-order valence-corrected chi connectivity index (χ0v) is 16.8. The van der Waals surface area contributed by atoms with Crippen molar-refractivity contribution in [2.24, 2.45) is 0 Å². The summed E-state index contributed by atoms with van der Waals surface area (Å²) in [5.41, 5.74) is 4.78. The number of benzene rings is 3. The lowest BCUT2D eigenvalue weighted by Crippen LogP contribution is -2.41. The highest BCUT2D eigenvalue weighted by Crippen LogP contribution is 2.44. The van der Waals surface area contributed by atoms with Crippen LogP contribution < -0.4 is 5.32 Å². The molecular formula is C25H22FNO4. The fourth-order valence-electron chi connectivity index (χ4n) is 4.04. The van der Waals surface area contributed by atoms with Crippen molar-refractivity contribution < 1.29 is 23.8 Å². The van der Waals surface area contributed by atoms with Crippen molar-refractivity contribution in [1.29, 1.82) is 0 Å². The number of halogens is 1. The van der Waals surface area contributed by atoms with E-state index in [9.17, 15) is 19.1 Å². The maximum atomic E-state index is 13.8. The third kappa shape index (κ3) is 4.43. The summed E-state index contributed by atoms with van der Waals surface area (Å²) in [6.07, 6.45) is -0.559. The molecule has 158 valence electrons. The van der Waals surface area contributed by atoms with Crippen LogP contribution in [0, 0.1) is 5.82 Å². The molecule has 0 radical (unpaired) electrons. The SMILES string of the molecule is O=C(N[C@H](CCc1ccccc1F)C(=O)O)OCC1c2ccccc2-c2ccccc21. The van der Waals surface area contributed by atoms with Gasteiger partial charge in [-0.2, -0.15) is 0 Å². The summed E-state index contributed by atoms with van der Waals surface area (Å²) in [6, 6.07) is 20.9. The maximum absolute atomic E-state index is 13.8. The number of carboxylic acid groups (broad SMARTS) is 1. The fraction of sp³-hybridized carbons (Fsp3) is 0.200. The first-order valence-electron chi connectivity index (χ1n) is 10.1. The molecule has 0 aromatic heterocycles. The molecule has 0 heterocycles. The molecule has 6 heteroatoms. The van der Waals surface area contributed by atoms with E-state index < -0.39 is 23.9 Å². The lowest BCUT2D eigenvalue weighted by Gasteiger charge is -2.17. The quantitative estimate of drug-likeness (QED) is 0.580. The van der Waals surface area contributed by atoms with Gasteiger partial charge in [0, 0.05) is 5.92 Å². The van der Waals surface area contributed by atoms with E-state index in [1.807, 2.05) is 48.5 Å². The van der Waals surface area contributed by atoms with Crippen LogP contribution in [0.5, 0.6) is 0 Å². The normalized spacial score (nSPS) is 13.2. The largest absolute Gasteiger partial charge is 0.480 e. The van der Waals surface area contributed by atoms with Crippen LogP contribution in [0.25, 0.3) is 11.1 Å². The number of aliphatic carboxylic acids is 1. The molecule has 1 aliphatic rings. The summed E-state index contributed by atoms with van der Waals surface area (Å²) in [5, 5.41) is 11.8. The number of alkyl carbamates (subject to hydrolysis) is 1. The second-order valence-corrected chi connectivity index (χ2v) is 7.49. The van der Waals surface area contributed by atoms with E-state index in [1.54, 1.807) is 18.2 Å². The molecule has 0 bridgehead atoms. The highest BCUT2D eigenvalue weighted by molar-refractivity contribution is 5.81. The molecule has 2 N–H and O–H groups in total. The van der Waals surface area contributed by atoms with Crippen LogP contribution in [0.1, 0.15) is 29.0 Å². The number of fused-ring (bicyclic) bond motifs is 3. The number of ether oxygens (including phenoxy) is 1. The molecule has 5 nitrogen and oxygen atoms in total. The number of carbonyl (C=O) groups is 2. The molecule has 0 saturated heterocycles. The number of hydrogen-bond donors (Lipinski definition) is 2. The van der Waals surface area contributed by atoms with E-state index in [2.05, 4.69) is 5.32 Å². The van der Waals surface area contributed by atoms with Gasteiger partial charge in [-0.1, -0.05) is 66.7 Å². The standard InChI is InChI=1S/C25H22FNO4/c26-22-12-6-1-7-16(22)13-14-23(24(28)29)27-25(30)31-15-21-19-10-4-2-8-17(19)18-9-3-5-11-20(18)21/h1-12,21,23H,13-15H2,(H,27,30)(H,28,29)/t23-/m1/s1. The number of rotatable bonds is 7. The number of amides is 1. The zero-order valence-electron chi connectivity index (χ0n) is 16.8. The molecule has 1 amide bonds. The molecule has 0 aliphatic heterocycles. The summed E-state index contributed by atoms with van der Waals surface area (Å²) in [7, 11) is 0. The third-order valence-electron chi connectivity index (χ3n) is 5.59. The fourth-order valence-corrected chi connectivity index (χ4v) is 4.04. The summed E-state index contributed by atoms with van der Waals surface area (Å²) >= 11 is 0. The van der Waals surface area contributed by atoms with E-state index in [4.69, 9.17) is 4.74 Å². The molecule has 1 aliphatic carbocycles. The van der Waals surface area contributed by atoms with Crippen molar-refractivity contribution in [3.05, 3.63) is 95.3 Å². The van der Waals surface area contributed by atoms with Crippen LogP contribution in [-0.4, -0.2) is 29.8 Å². The van der Waals surface area contributed by atoms with E-state index in [-0.39, 0.29) is 25.4 Å². The number of carboxylic acids is 1. The van der Waals surface area contributed by atoms with Crippen molar-refractivity contribution in [3.8, 4) is 11.1 Å². The Morgan fingerprint density at radius 1 is 0.935 bits per heavy atom. The highest BCUT2D eigenvalue weighted by Gasteiger charge is 2.29. The summed E-state index contributed by atoms with van der Waals surface area (Å²) < 4.78 is 19.2. The Labute approximate surface area is 179 Å². The van der Waals surface area contributed by atoms with Crippen LogP contribution in [0.15, 0.2) is 72.8 Å². The monoisotopic (exact) mass is 419 g/mol. The summed E-state index contributed by atoms with van der Waals surface area (Å²) in [5.74, 6) is -1.70. The first kappa shape index (κ1) is 20.6. The maximum Gasteiger partial charge on any atom is 0.407 e. The lowest BCUT2D eigenvalue weighted by atomic mass is 9.98. The number of nitrogens with one attached hydrogen (secondary N) is 1. The average molecular weight is 419 g/mol. The molecular weight excluding hydrogens is 397 g/mol. The van der Waals surface area contributed by atoms with E-state index in [0.29, 0.717) is 5.56 Å². The van der Waals surface area contributed by atoms with Gasteiger partial charge in [0.05, 0.1) is 0 Å². The van der Waals surface area contributed by atoms with Gasteiger partial charge in [-0.05, 0) is 46.7 Å². The minimum absolute atomic E-state index is 0.0560. The number of hydrogen-bond acceptors (Lipinski definition) is 3. The van der Waals surface area contributed by atoms with Gasteiger partial charge in [0.2, 0.25) is 0 Å². The predicted octanol–water partition coefficient (Wildman–Crippen LogP) is 4.75. The second-order valence-electron chi connectivity index (χ2n) is 7.49. The van der Waals surface area contributed by atoms with Crippen LogP contribution in [-0.2, 0) is 16.0 Å². The summed E-state index contributed by atoms with van der Waals surface area (Å²) in [4.78, 5) is 23.9. The number of carbonyl (C=O) groups excluding carboxylic acids is 1. The molecule has 3 aromatic carbocycles. The highest BCUT2D eigenvalue weighted by atomic mass is 19.1. The van der Waals surface area contributed by atoms with Gasteiger partial charge in [-0.3, -0.25) is 0 Å². The molecule has 1 atom stereocenters. The Morgan fingerprint density at radius 3 is 2.13 bits per heavy atom. The minimum atomic E-state index is -1.19. The Kier molecular flexibility index (Phi) is 5.98. The first-order valence-corrected chi connectivity index (χ1v) is 10.1. The van der Waals surface area contributed by atoms with Crippen LogP contribution in [0.3, 0.4) is 0 Å². The second kappa shape index (κ2) is 9.00.